The lowest BCUT2D eigenvalue weighted by molar-refractivity contribution is 0.120. The Morgan fingerprint density at radius 1 is 1.09 bits per heavy atom. The smallest absolute Gasteiger partial charge is 0.130 e. The first-order valence-electron chi connectivity index (χ1n) is 7.34. The van der Waals surface area contributed by atoms with Crippen LogP contribution in [0.2, 0.25) is 0 Å². The largest absolute Gasteiger partial charge is 0.487 e. The first-order valence-corrected chi connectivity index (χ1v) is 7.34. The summed E-state index contributed by atoms with van der Waals surface area (Å²) in [5.41, 5.74) is 2.03. The molecule has 0 spiro atoms. The number of nitrogens with zero attached hydrogens (tertiary/aromatic N) is 1. The number of hydrogen-bond donors (Lipinski definition) is 1. The number of aromatic nitrogens is 1. The van der Waals surface area contributed by atoms with Gasteiger partial charge in [0, 0.05) is 19.3 Å². The minimum Gasteiger partial charge on any atom is -0.487 e. The molecule has 0 saturated heterocycles. The molecule has 0 aliphatic rings. The molecule has 0 aliphatic carbocycles. The molecule has 118 valence electrons. The summed E-state index contributed by atoms with van der Waals surface area (Å²) in [5.74, 6) is 0.818. The molecule has 2 rings (SSSR count). The number of benzene rings is 1. The van der Waals surface area contributed by atoms with Crippen LogP contribution < -0.4 is 10.1 Å². The van der Waals surface area contributed by atoms with Crippen LogP contribution in [-0.4, -0.2) is 31.4 Å². The van der Waals surface area contributed by atoms with Crippen LogP contribution in [0.15, 0.2) is 48.7 Å². The van der Waals surface area contributed by atoms with Crippen molar-refractivity contribution in [2.24, 2.45) is 0 Å². The molecule has 0 saturated carbocycles. The van der Waals surface area contributed by atoms with E-state index in [9.17, 15) is 4.39 Å². The molecule has 2 aromatic rings. The molecule has 5 heteroatoms. The van der Waals surface area contributed by atoms with Crippen LogP contribution >= 0.6 is 0 Å². The molecule has 1 aromatic carbocycles. The van der Waals surface area contributed by atoms with Gasteiger partial charge in [-0.05, 0) is 29.8 Å². The van der Waals surface area contributed by atoms with Gasteiger partial charge in [0.2, 0.25) is 0 Å². The summed E-state index contributed by atoms with van der Waals surface area (Å²) in [6.07, 6.45) is 1.75. The fourth-order valence-corrected chi connectivity index (χ4v) is 1.92. The van der Waals surface area contributed by atoms with Crippen molar-refractivity contribution < 1.29 is 13.9 Å². The van der Waals surface area contributed by atoms with Crippen LogP contribution in [0.4, 0.5) is 4.39 Å². The molecular formula is C17H21FN2O2. The Kier molecular flexibility index (Phi) is 7.35. The van der Waals surface area contributed by atoms with E-state index in [0.29, 0.717) is 19.8 Å². The Hall–Kier alpha value is -1.98. The second-order valence-electron chi connectivity index (χ2n) is 4.74. The van der Waals surface area contributed by atoms with Crippen LogP contribution in [0.25, 0.3) is 0 Å². The predicted octanol–water partition coefficient (Wildman–Crippen LogP) is 2.74. The van der Waals surface area contributed by atoms with Crippen molar-refractivity contribution in [1.82, 2.24) is 10.3 Å². The molecule has 22 heavy (non-hydrogen) atoms. The fraction of sp³-hybridized carbons (Fsp3) is 0.353. The van der Waals surface area contributed by atoms with Gasteiger partial charge >= 0.3 is 0 Å². The number of nitrogens with one attached hydrogen (secondary N) is 1. The van der Waals surface area contributed by atoms with Gasteiger partial charge in [-0.2, -0.15) is 0 Å². The monoisotopic (exact) mass is 304 g/mol. The maximum atomic E-state index is 11.8. The minimum atomic E-state index is -0.435. The van der Waals surface area contributed by atoms with Gasteiger partial charge in [0.05, 0.1) is 18.9 Å². The maximum absolute atomic E-state index is 11.8. The van der Waals surface area contributed by atoms with Gasteiger partial charge in [-0.25, -0.2) is 4.39 Å². The Balaban J connectivity index is 1.72. The van der Waals surface area contributed by atoms with Crippen molar-refractivity contribution in [2.45, 2.75) is 13.2 Å². The summed E-state index contributed by atoms with van der Waals surface area (Å²) in [6, 6.07) is 13.7. The molecule has 4 nitrogen and oxygen atoms in total. The molecule has 0 aliphatic heterocycles. The standard InChI is InChI=1S/C17H21FN2O2/c18-7-10-21-11-9-19-13-15-4-3-6-17(12-15)22-14-16-5-1-2-8-20-16/h1-6,8,12,19H,7,9-11,13-14H2. The average Bonchev–Trinajstić information content (AvgIpc) is 2.57. The number of pyridine rings is 1. The second kappa shape index (κ2) is 9.87. The van der Waals surface area contributed by atoms with Crippen LogP contribution in [0.5, 0.6) is 5.75 Å². The summed E-state index contributed by atoms with van der Waals surface area (Å²) < 4.78 is 22.6. The third-order valence-electron chi connectivity index (χ3n) is 2.99. The van der Waals surface area contributed by atoms with E-state index in [-0.39, 0.29) is 6.61 Å². The first-order chi connectivity index (χ1) is 10.9. The van der Waals surface area contributed by atoms with E-state index >= 15 is 0 Å². The van der Waals surface area contributed by atoms with E-state index in [1.165, 1.54) is 0 Å². The molecule has 0 radical (unpaired) electrons. The minimum absolute atomic E-state index is 0.165. The van der Waals surface area contributed by atoms with E-state index < -0.39 is 6.67 Å². The summed E-state index contributed by atoms with van der Waals surface area (Å²) in [4.78, 5) is 4.22. The van der Waals surface area contributed by atoms with Gasteiger partial charge in [0.25, 0.3) is 0 Å². The molecule has 0 bridgehead atoms. The third-order valence-corrected chi connectivity index (χ3v) is 2.99. The van der Waals surface area contributed by atoms with Gasteiger partial charge in [-0.15, -0.1) is 0 Å². The zero-order valence-electron chi connectivity index (χ0n) is 12.5. The Labute approximate surface area is 130 Å². The van der Waals surface area contributed by atoms with Gasteiger partial charge in [0.15, 0.2) is 0 Å². The van der Waals surface area contributed by atoms with Crippen molar-refractivity contribution in [1.29, 1.82) is 0 Å². The van der Waals surface area contributed by atoms with E-state index in [1.54, 1.807) is 6.20 Å². The zero-order valence-corrected chi connectivity index (χ0v) is 12.5. The Bertz CT molecular complexity index is 537. The SMILES string of the molecule is FCCOCCNCc1cccc(OCc2ccccn2)c1. The summed E-state index contributed by atoms with van der Waals surface area (Å²) in [5, 5.41) is 3.25. The topological polar surface area (TPSA) is 43.4 Å². The van der Waals surface area contributed by atoms with Crippen LogP contribution in [-0.2, 0) is 17.9 Å². The molecule has 0 unspecified atom stereocenters. The zero-order chi connectivity index (χ0) is 15.5. The molecular weight excluding hydrogens is 283 g/mol. The molecule has 0 amide bonds. The first kappa shape index (κ1) is 16.4. The number of rotatable bonds is 10. The molecule has 0 fully saturated rings. The van der Waals surface area contributed by atoms with Crippen molar-refractivity contribution in [3.8, 4) is 5.75 Å². The van der Waals surface area contributed by atoms with Crippen molar-refractivity contribution in [3.63, 3.8) is 0 Å². The summed E-state index contributed by atoms with van der Waals surface area (Å²) >= 11 is 0. The summed E-state index contributed by atoms with van der Waals surface area (Å²) in [6.45, 7) is 2.11. The number of halogens is 1. The van der Waals surface area contributed by atoms with E-state index in [0.717, 1.165) is 23.6 Å². The van der Waals surface area contributed by atoms with Gasteiger partial charge in [0.1, 0.15) is 19.0 Å². The number of hydrogen-bond acceptors (Lipinski definition) is 4. The lowest BCUT2D eigenvalue weighted by Gasteiger charge is -2.09. The van der Waals surface area contributed by atoms with Gasteiger partial charge in [-0.1, -0.05) is 18.2 Å². The highest BCUT2D eigenvalue weighted by atomic mass is 19.1. The van der Waals surface area contributed by atoms with Crippen molar-refractivity contribution >= 4 is 0 Å². The highest BCUT2D eigenvalue weighted by Gasteiger charge is 1.99. The maximum Gasteiger partial charge on any atom is 0.130 e. The highest BCUT2D eigenvalue weighted by Crippen LogP contribution is 2.14. The van der Waals surface area contributed by atoms with Crippen molar-refractivity contribution in [3.05, 3.63) is 59.9 Å². The molecule has 0 atom stereocenters. The normalized spacial score (nSPS) is 10.6. The fourth-order valence-electron chi connectivity index (χ4n) is 1.92. The third kappa shape index (κ3) is 6.20. The highest BCUT2D eigenvalue weighted by molar-refractivity contribution is 5.28. The Morgan fingerprint density at radius 3 is 2.86 bits per heavy atom. The second-order valence-corrected chi connectivity index (χ2v) is 4.74. The van der Waals surface area contributed by atoms with Gasteiger partial charge in [-0.3, -0.25) is 4.98 Å². The van der Waals surface area contributed by atoms with Crippen LogP contribution in [0.1, 0.15) is 11.3 Å². The molecule has 1 heterocycles. The average molecular weight is 304 g/mol. The van der Waals surface area contributed by atoms with E-state index in [2.05, 4.69) is 10.3 Å². The van der Waals surface area contributed by atoms with E-state index in [4.69, 9.17) is 9.47 Å². The quantitative estimate of drug-likeness (QED) is 0.686. The number of ether oxygens (including phenoxy) is 2. The molecule has 1 aromatic heterocycles. The lowest BCUT2D eigenvalue weighted by atomic mass is 10.2. The van der Waals surface area contributed by atoms with Crippen molar-refractivity contribution in [2.75, 3.05) is 26.4 Å². The summed E-state index contributed by atoms with van der Waals surface area (Å²) in [7, 11) is 0. The van der Waals surface area contributed by atoms with Gasteiger partial charge < -0.3 is 14.8 Å². The predicted molar refractivity (Wildman–Crippen MR) is 83.5 cm³/mol. The Morgan fingerprint density at radius 2 is 2.05 bits per heavy atom. The van der Waals surface area contributed by atoms with Crippen LogP contribution in [0.3, 0.4) is 0 Å². The lowest BCUT2D eigenvalue weighted by Crippen LogP contribution is -2.19. The van der Waals surface area contributed by atoms with E-state index in [1.807, 2.05) is 42.5 Å². The number of alkyl halides is 1. The van der Waals surface area contributed by atoms with Crippen LogP contribution in [0, 0.1) is 0 Å². The molecule has 1 N–H and O–H groups in total.